The molecule has 1 fully saturated rings. The zero-order chi connectivity index (χ0) is 22.1. The monoisotopic (exact) mass is 435 g/mol. The fraction of sp³-hybridized carbons (Fsp3) is 0.167. The lowest BCUT2D eigenvalue weighted by Gasteiger charge is -2.24. The minimum atomic E-state index is -0.741. The summed E-state index contributed by atoms with van der Waals surface area (Å²) in [6.07, 6.45) is 0. The molecule has 1 N–H and O–H groups in total. The molecule has 4 rings (SSSR count). The van der Waals surface area contributed by atoms with Crippen LogP contribution < -0.4 is 14.4 Å². The Hall–Kier alpha value is -3.58. The van der Waals surface area contributed by atoms with Crippen molar-refractivity contribution in [2.75, 3.05) is 19.1 Å². The average molecular weight is 436 g/mol. The highest BCUT2D eigenvalue weighted by Gasteiger charge is 2.47. The van der Waals surface area contributed by atoms with Crippen molar-refractivity contribution in [1.82, 2.24) is 0 Å². The van der Waals surface area contributed by atoms with E-state index in [4.69, 9.17) is 9.47 Å². The maximum Gasteiger partial charge on any atom is 0.300 e. The summed E-state index contributed by atoms with van der Waals surface area (Å²) in [7, 11) is 2.99. The Balaban J connectivity index is 1.93. The molecule has 2 heterocycles. The number of hydrogen-bond donors (Lipinski definition) is 1. The first-order valence-corrected chi connectivity index (χ1v) is 10.5. The van der Waals surface area contributed by atoms with Crippen LogP contribution in [0.1, 0.15) is 22.0 Å². The minimum absolute atomic E-state index is 0.0245. The van der Waals surface area contributed by atoms with Crippen LogP contribution in [-0.2, 0) is 9.59 Å². The molecule has 1 aliphatic rings. The number of benzene rings is 2. The van der Waals surface area contributed by atoms with Gasteiger partial charge in [0.15, 0.2) is 0 Å². The molecule has 1 aromatic heterocycles. The van der Waals surface area contributed by atoms with E-state index in [-0.39, 0.29) is 11.3 Å². The van der Waals surface area contributed by atoms with Crippen molar-refractivity contribution in [2.24, 2.45) is 0 Å². The number of thiophene rings is 1. The number of methoxy groups -OCH3 is 2. The largest absolute Gasteiger partial charge is 0.507 e. The standard InChI is InChI=1S/C24H21NO5S/c1-14-6-8-15(9-7-14)25-21(19-5-4-12-31-19)20(23(27)24(25)28)22(26)17-11-10-16(29-2)13-18(17)30-3/h4-13,21,26H,1-3H3/b22-20-. The van der Waals surface area contributed by atoms with Gasteiger partial charge in [0, 0.05) is 16.6 Å². The van der Waals surface area contributed by atoms with Gasteiger partial charge >= 0.3 is 0 Å². The number of carbonyl (C=O) groups is 2. The van der Waals surface area contributed by atoms with Gasteiger partial charge in [0.25, 0.3) is 11.7 Å². The molecule has 7 heteroatoms. The molecule has 1 atom stereocenters. The number of rotatable bonds is 5. The van der Waals surface area contributed by atoms with Gasteiger partial charge in [0.1, 0.15) is 23.3 Å². The summed E-state index contributed by atoms with van der Waals surface area (Å²) < 4.78 is 10.6. The number of carbonyl (C=O) groups excluding carboxylic acids is 2. The van der Waals surface area contributed by atoms with Gasteiger partial charge in [-0.2, -0.15) is 0 Å². The van der Waals surface area contributed by atoms with E-state index in [1.54, 1.807) is 30.3 Å². The van der Waals surface area contributed by atoms with Gasteiger partial charge in [0.2, 0.25) is 0 Å². The summed E-state index contributed by atoms with van der Waals surface area (Å²) >= 11 is 1.42. The number of hydrogen-bond acceptors (Lipinski definition) is 6. The highest BCUT2D eigenvalue weighted by atomic mass is 32.1. The average Bonchev–Trinajstić information content (AvgIpc) is 3.40. The van der Waals surface area contributed by atoms with Crippen LogP contribution in [0.4, 0.5) is 5.69 Å². The maximum absolute atomic E-state index is 13.1. The third-order valence-corrected chi connectivity index (χ3v) is 6.16. The number of aliphatic hydroxyl groups is 1. The Labute approximate surface area is 184 Å². The molecule has 6 nitrogen and oxygen atoms in total. The second-order valence-corrected chi connectivity index (χ2v) is 8.07. The van der Waals surface area contributed by atoms with Crippen LogP contribution in [0.2, 0.25) is 0 Å². The molecular formula is C24H21NO5S. The Morgan fingerprint density at radius 1 is 1.03 bits per heavy atom. The second-order valence-electron chi connectivity index (χ2n) is 7.09. The molecule has 0 spiro atoms. The summed E-state index contributed by atoms with van der Waals surface area (Å²) in [6.45, 7) is 1.95. The topological polar surface area (TPSA) is 76.1 Å². The molecule has 3 aromatic rings. The van der Waals surface area contributed by atoms with E-state index in [1.807, 2.05) is 36.6 Å². The third kappa shape index (κ3) is 3.57. The molecular weight excluding hydrogens is 414 g/mol. The molecule has 1 aliphatic heterocycles. The van der Waals surface area contributed by atoms with Gasteiger partial charge in [0.05, 0.1) is 25.4 Å². The van der Waals surface area contributed by atoms with Gasteiger partial charge in [-0.05, 0) is 42.6 Å². The lowest BCUT2D eigenvalue weighted by Crippen LogP contribution is -2.29. The molecule has 1 amide bonds. The summed E-state index contributed by atoms with van der Waals surface area (Å²) in [6, 6.07) is 15.2. The molecule has 31 heavy (non-hydrogen) atoms. The molecule has 158 valence electrons. The molecule has 0 aliphatic carbocycles. The van der Waals surface area contributed by atoms with E-state index >= 15 is 0 Å². The van der Waals surface area contributed by atoms with E-state index in [2.05, 4.69) is 0 Å². The highest BCUT2D eigenvalue weighted by molar-refractivity contribution is 7.10. The van der Waals surface area contributed by atoms with Crippen LogP contribution in [0, 0.1) is 6.92 Å². The first kappa shape index (κ1) is 20.7. The van der Waals surface area contributed by atoms with Crippen LogP contribution >= 0.6 is 11.3 Å². The number of anilines is 1. The van der Waals surface area contributed by atoms with Crippen molar-refractivity contribution in [3.05, 3.63) is 81.6 Å². The lowest BCUT2D eigenvalue weighted by atomic mass is 9.99. The fourth-order valence-corrected chi connectivity index (χ4v) is 4.48. The minimum Gasteiger partial charge on any atom is -0.507 e. The van der Waals surface area contributed by atoms with Crippen LogP contribution in [0.3, 0.4) is 0 Å². The normalized spacial score (nSPS) is 17.8. The molecule has 2 aromatic carbocycles. The summed E-state index contributed by atoms with van der Waals surface area (Å²) in [5.74, 6) is -0.830. The number of Topliss-reactive ketones (excluding diaryl/α,β-unsaturated/α-hetero) is 1. The number of ketones is 1. The van der Waals surface area contributed by atoms with E-state index in [9.17, 15) is 14.7 Å². The van der Waals surface area contributed by atoms with Crippen LogP contribution in [-0.4, -0.2) is 31.0 Å². The molecule has 0 saturated carbocycles. The van der Waals surface area contributed by atoms with E-state index in [0.717, 1.165) is 10.4 Å². The summed E-state index contributed by atoms with van der Waals surface area (Å²) in [5, 5.41) is 13.1. The first-order valence-electron chi connectivity index (χ1n) is 9.59. The van der Waals surface area contributed by atoms with Gasteiger partial charge in [-0.15, -0.1) is 11.3 Å². The zero-order valence-electron chi connectivity index (χ0n) is 17.3. The number of ether oxygens (including phenoxy) is 2. The molecule has 0 bridgehead atoms. The molecule has 0 radical (unpaired) electrons. The number of nitrogens with zero attached hydrogens (tertiary/aromatic N) is 1. The SMILES string of the molecule is COc1ccc(/C(O)=C2/C(=O)C(=O)N(c3ccc(C)cc3)C2c2cccs2)c(OC)c1. The van der Waals surface area contributed by atoms with Crippen molar-refractivity contribution >= 4 is 34.5 Å². The van der Waals surface area contributed by atoms with E-state index < -0.39 is 17.7 Å². The predicted molar refractivity (Wildman–Crippen MR) is 120 cm³/mol. The van der Waals surface area contributed by atoms with Gasteiger partial charge < -0.3 is 14.6 Å². The Morgan fingerprint density at radius 2 is 1.77 bits per heavy atom. The first-order chi connectivity index (χ1) is 15.0. The number of amides is 1. The Morgan fingerprint density at radius 3 is 2.39 bits per heavy atom. The van der Waals surface area contributed by atoms with Crippen molar-refractivity contribution in [2.45, 2.75) is 13.0 Å². The summed E-state index contributed by atoms with van der Waals surface area (Å²) in [4.78, 5) is 28.4. The van der Waals surface area contributed by atoms with Gasteiger partial charge in [-0.3, -0.25) is 14.5 Å². The van der Waals surface area contributed by atoms with Crippen molar-refractivity contribution < 1.29 is 24.2 Å². The van der Waals surface area contributed by atoms with Crippen molar-refractivity contribution in [3.63, 3.8) is 0 Å². The maximum atomic E-state index is 13.1. The van der Waals surface area contributed by atoms with Crippen molar-refractivity contribution in [1.29, 1.82) is 0 Å². The molecule has 1 saturated heterocycles. The zero-order valence-corrected chi connectivity index (χ0v) is 18.1. The fourth-order valence-electron chi connectivity index (χ4n) is 3.66. The van der Waals surface area contributed by atoms with Crippen LogP contribution in [0.25, 0.3) is 5.76 Å². The molecule has 1 unspecified atom stereocenters. The van der Waals surface area contributed by atoms with E-state index in [1.165, 1.54) is 30.5 Å². The number of aryl methyl sites for hydroxylation is 1. The van der Waals surface area contributed by atoms with E-state index in [0.29, 0.717) is 22.7 Å². The Kier molecular flexibility index (Phi) is 5.52. The Bertz CT molecular complexity index is 1170. The van der Waals surface area contributed by atoms with Crippen molar-refractivity contribution in [3.8, 4) is 11.5 Å². The second kappa shape index (κ2) is 8.28. The number of aliphatic hydroxyl groups excluding tert-OH is 1. The van der Waals surface area contributed by atoms with Gasteiger partial charge in [-0.1, -0.05) is 23.8 Å². The van der Waals surface area contributed by atoms with Gasteiger partial charge in [-0.25, -0.2) is 0 Å². The summed E-state index contributed by atoms with van der Waals surface area (Å²) in [5.41, 5.74) is 1.96. The highest BCUT2D eigenvalue weighted by Crippen LogP contribution is 2.44. The predicted octanol–water partition coefficient (Wildman–Crippen LogP) is 4.70. The smallest absolute Gasteiger partial charge is 0.300 e. The quantitative estimate of drug-likeness (QED) is 0.357. The lowest BCUT2D eigenvalue weighted by molar-refractivity contribution is -0.132. The third-order valence-electron chi connectivity index (χ3n) is 5.23. The van der Waals surface area contributed by atoms with Crippen LogP contribution in [0.15, 0.2) is 65.6 Å². The van der Waals surface area contributed by atoms with Crippen LogP contribution in [0.5, 0.6) is 11.5 Å².